The third-order valence-electron chi connectivity index (χ3n) is 4.88. The van der Waals surface area contributed by atoms with E-state index in [0.717, 1.165) is 11.1 Å². The number of benzene rings is 3. The molecule has 0 aliphatic rings. The van der Waals surface area contributed by atoms with Crippen LogP contribution in [0.15, 0.2) is 78.9 Å². The van der Waals surface area contributed by atoms with Gasteiger partial charge >= 0.3 is 0 Å². The number of non-ortho nitro benzene ring substituents is 1. The highest BCUT2D eigenvalue weighted by atomic mass is 16.6. The number of carbonyl (C=O) groups excluding carboxylic acids is 1. The van der Waals surface area contributed by atoms with E-state index in [4.69, 9.17) is 4.74 Å². The van der Waals surface area contributed by atoms with E-state index >= 15 is 0 Å². The van der Waals surface area contributed by atoms with Gasteiger partial charge < -0.3 is 9.64 Å². The lowest BCUT2D eigenvalue weighted by Gasteiger charge is -2.25. The van der Waals surface area contributed by atoms with Crippen LogP contribution in [0.1, 0.15) is 31.9 Å². The Morgan fingerprint density at radius 3 is 2.32 bits per heavy atom. The first-order chi connectivity index (χ1) is 14.8. The minimum Gasteiger partial charge on any atom is -0.483 e. The van der Waals surface area contributed by atoms with Crippen molar-refractivity contribution in [3.63, 3.8) is 0 Å². The van der Waals surface area contributed by atoms with Crippen LogP contribution in [-0.2, 0) is 16.8 Å². The molecule has 0 aliphatic heterocycles. The van der Waals surface area contributed by atoms with Crippen molar-refractivity contribution < 1.29 is 14.5 Å². The van der Waals surface area contributed by atoms with Crippen LogP contribution in [0.25, 0.3) is 0 Å². The van der Waals surface area contributed by atoms with Crippen LogP contribution in [0.3, 0.4) is 0 Å². The first-order valence-electron chi connectivity index (χ1n) is 10.1. The van der Waals surface area contributed by atoms with Crippen LogP contribution in [0, 0.1) is 10.1 Å². The van der Waals surface area contributed by atoms with E-state index in [1.807, 2.05) is 54.6 Å². The van der Waals surface area contributed by atoms with Gasteiger partial charge in [0.25, 0.3) is 11.6 Å². The van der Waals surface area contributed by atoms with Crippen LogP contribution < -0.4 is 9.64 Å². The monoisotopic (exact) mass is 418 g/mol. The Labute approximate surface area is 182 Å². The molecule has 0 unspecified atom stereocenters. The molecule has 0 aromatic heterocycles. The van der Waals surface area contributed by atoms with Gasteiger partial charge in [-0.1, -0.05) is 75.4 Å². The summed E-state index contributed by atoms with van der Waals surface area (Å²) in [7, 11) is 0. The van der Waals surface area contributed by atoms with Crippen molar-refractivity contribution in [1.29, 1.82) is 0 Å². The van der Waals surface area contributed by atoms with E-state index in [1.165, 1.54) is 17.0 Å². The van der Waals surface area contributed by atoms with Crippen LogP contribution in [0.4, 0.5) is 11.4 Å². The van der Waals surface area contributed by atoms with Crippen molar-refractivity contribution >= 4 is 17.3 Å². The number of nitro benzene ring substituents is 1. The third kappa shape index (κ3) is 5.69. The second-order valence-corrected chi connectivity index (χ2v) is 8.28. The maximum Gasteiger partial charge on any atom is 0.271 e. The van der Waals surface area contributed by atoms with Crippen LogP contribution in [-0.4, -0.2) is 17.4 Å². The highest BCUT2D eigenvalue weighted by Crippen LogP contribution is 2.31. The Bertz CT molecular complexity index is 1060. The number of anilines is 1. The maximum absolute atomic E-state index is 13.2. The fraction of sp³-hybridized carbons (Fsp3) is 0.240. The molecule has 3 rings (SSSR count). The summed E-state index contributed by atoms with van der Waals surface area (Å²) in [6.45, 7) is 6.36. The van der Waals surface area contributed by atoms with Gasteiger partial charge in [0.05, 0.1) is 17.2 Å². The summed E-state index contributed by atoms with van der Waals surface area (Å²) in [4.78, 5) is 25.5. The average molecular weight is 418 g/mol. The zero-order valence-electron chi connectivity index (χ0n) is 17.9. The Balaban J connectivity index is 1.87. The molecule has 0 saturated carbocycles. The summed E-state index contributed by atoms with van der Waals surface area (Å²) in [6, 6.07) is 23.2. The molecule has 0 radical (unpaired) electrons. The van der Waals surface area contributed by atoms with Crippen LogP contribution in [0.2, 0.25) is 0 Å². The number of rotatable bonds is 7. The zero-order valence-corrected chi connectivity index (χ0v) is 17.9. The van der Waals surface area contributed by atoms with Crippen molar-refractivity contribution in [3.05, 3.63) is 100 Å². The Kier molecular flexibility index (Phi) is 6.70. The van der Waals surface area contributed by atoms with Gasteiger partial charge in [0.15, 0.2) is 6.61 Å². The molecule has 0 fully saturated rings. The predicted molar refractivity (Wildman–Crippen MR) is 121 cm³/mol. The Morgan fingerprint density at radius 2 is 1.65 bits per heavy atom. The molecule has 6 nitrogen and oxygen atoms in total. The molecule has 0 bridgehead atoms. The van der Waals surface area contributed by atoms with Crippen LogP contribution >= 0.6 is 0 Å². The smallest absolute Gasteiger partial charge is 0.271 e. The lowest BCUT2D eigenvalue weighted by atomic mass is 9.86. The third-order valence-corrected chi connectivity index (χ3v) is 4.88. The number of para-hydroxylation sites is 1. The van der Waals surface area contributed by atoms with Gasteiger partial charge in [-0.05, 0) is 28.7 Å². The Morgan fingerprint density at radius 1 is 0.968 bits per heavy atom. The lowest BCUT2D eigenvalue weighted by molar-refractivity contribution is -0.384. The summed E-state index contributed by atoms with van der Waals surface area (Å²) in [5, 5.41) is 11.2. The van der Waals surface area contributed by atoms with E-state index in [-0.39, 0.29) is 30.2 Å². The number of carbonyl (C=O) groups is 1. The standard InChI is InChI=1S/C25H26N2O4/c1-25(2,3)22-14-7-8-15-23(22)31-18-24(28)26(17-19-10-5-4-6-11-19)20-12-9-13-21(16-20)27(29)30/h4-16H,17-18H2,1-3H3. The molecule has 0 aliphatic carbocycles. The van der Waals surface area contributed by atoms with Crippen molar-refractivity contribution in [1.82, 2.24) is 0 Å². The van der Waals surface area contributed by atoms with E-state index in [9.17, 15) is 14.9 Å². The number of nitrogens with zero attached hydrogens (tertiary/aromatic N) is 2. The van der Waals surface area contributed by atoms with E-state index in [0.29, 0.717) is 11.4 Å². The first kappa shape index (κ1) is 22.0. The van der Waals surface area contributed by atoms with Gasteiger partial charge in [0, 0.05) is 12.1 Å². The topological polar surface area (TPSA) is 72.7 Å². The lowest BCUT2D eigenvalue weighted by Crippen LogP contribution is -2.34. The molecule has 3 aromatic carbocycles. The molecule has 6 heteroatoms. The van der Waals surface area contributed by atoms with Crippen molar-refractivity contribution in [2.24, 2.45) is 0 Å². The quantitative estimate of drug-likeness (QED) is 0.375. The minimum absolute atomic E-state index is 0.0673. The number of amides is 1. The summed E-state index contributed by atoms with van der Waals surface area (Å²) in [6.07, 6.45) is 0. The van der Waals surface area contributed by atoms with Gasteiger partial charge in [0.2, 0.25) is 0 Å². The average Bonchev–Trinajstić information content (AvgIpc) is 2.76. The van der Waals surface area contributed by atoms with Gasteiger partial charge in [-0.2, -0.15) is 0 Å². The Hall–Kier alpha value is -3.67. The summed E-state index contributed by atoms with van der Waals surface area (Å²) >= 11 is 0. The minimum atomic E-state index is -0.468. The molecule has 3 aromatic rings. The van der Waals surface area contributed by atoms with Crippen LogP contribution in [0.5, 0.6) is 5.75 Å². The molecule has 0 saturated heterocycles. The van der Waals surface area contributed by atoms with E-state index in [2.05, 4.69) is 20.8 Å². The molecular weight excluding hydrogens is 392 g/mol. The van der Waals surface area contributed by atoms with E-state index in [1.54, 1.807) is 12.1 Å². The first-order valence-corrected chi connectivity index (χ1v) is 10.1. The molecule has 0 spiro atoms. The molecule has 0 N–H and O–H groups in total. The van der Waals surface area contributed by atoms with Gasteiger partial charge in [-0.25, -0.2) is 0 Å². The molecule has 1 amide bonds. The van der Waals surface area contributed by atoms with Gasteiger partial charge in [0.1, 0.15) is 5.75 Å². The number of hydrogen-bond donors (Lipinski definition) is 0. The fourth-order valence-corrected chi connectivity index (χ4v) is 3.29. The number of nitro groups is 1. The summed E-state index contributed by atoms with van der Waals surface area (Å²) in [5.74, 6) is 0.370. The van der Waals surface area contributed by atoms with Crippen molar-refractivity contribution in [2.75, 3.05) is 11.5 Å². The highest BCUT2D eigenvalue weighted by Gasteiger charge is 2.22. The summed E-state index contributed by atoms with van der Waals surface area (Å²) in [5.41, 5.74) is 2.17. The SMILES string of the molecule is CC(C)(C)c1ccccc1OCC(=O)N(Cc1ccccc1)c1cccc([N+](=O)[O-])c1. The molecule has 0 atom stereocenters. The largest absolute Gasteiger partial charge is 0.483 e. The molecule has 31 heavy (non-hydrogen) atoms. The number of ether oxygens (including phenoxy) is 1. The number of hydrogen-bond acceptors (Lipinski definition) is 4. The second kappa shape index (κ2) is 9.43. The predicted octanol–water partition coefficient (Wildman–Crippen LogP) is 5.50. The maximum atomic E-state index is 13.2. The zero-order chi connectivity index (χ0) is 22.4. The van der Waals surface area contributed by atoms with Gasteiger partial charge in [-0.15, -0.1) is 0 Å². The fourth-order valence-electron chi connectivity index (χ4n) is 3.29. The molecule has 160 valence electrons. The summed E-state index contributed by atoms with van der Waals surface area (Å²) < 4.78 is 5.92. The van der Waals surface area contributed by atoms with Crippen molar-refractivity contribution in [2.45, 2.75) is 32.7 Å². The van der Waals surface area contributed by atoms with E-state index < -0.39 is 4.92 Å². The second-order valence-electron chi connectivity index (χ2n) is 8.28. The van der Waals surface area contributed by atoms with Crippen molar-refractivity contribution in [3.8, 4) is 5.75 Å². The highest BCUT2D eigenvalue weighted by molar-refractivity contribution is 5.94. The normalized spacial score (nSPS) is 11.1. The molecule has 0 heterocycles. The van der Waals surface area contributed by atoms with Gasteiger partial charge in [-0.3, -0.25) is 14.9 Å². The molecular formula is C25H26N2O4.